The number of rotatable bonds is 8. The number of nitrogens with zero attached hydrogens (tertiary/aromatic N) is 3. The predicted octanol–water partition coefficient (Wildman–Crippen LogP) is 5.34. The normalized spacial score (nSPS) is 11.6. The van der Waals surface area contributed by atoms with Crippen LogP contribution >= 0.6 is 22.9 Å². The van der Waals surface area contributed by atoms with E-state index >= 15 is 0 Å². The minimum absolute atomic E-state index is 0.0776. The highest BCUT2D eigenvalue weighted by Gasteiger charge is 2.19. The zero-order chi connectivity index (χ0) is 19.9. The van der Waals surface area contributed by atoms with Gasteiger partial charge in [-0.1, -0.05) is 73.2 Å². The molecule has 1 heterocycles. The third kappa shape index (κ3) is 4.98. The van der Waals surface area contributed by atoms with Crippen molar-refractivity contribution in [1.29, 1.82) is 0 Å². The van der Waals surface area contributed by atoms with Gasteiger partial charge in [-0.3, -0.25) is 9.69 Å². The Balaban J connectivity index is 1.88. The molecule has 0 N–H and O–H groups in total. The largest absolute Gasteiger partial charge is 0.302 e. The summed E-state index contributed by atoms with van der Waals surface area (Å²) in [5.41, 5.74) is 1.74. The number of fused-ring (bicyclic) bond motifs is 1. The Labute approximate surface area is 175 Å². The number of likely N-dealkylation sites (N-methyl/N-ethyl adjacent to an activating group) is 1. The van der Waals surface area contributed by atoms with Crippen LogP contribution in [0.1, 0.15) is 19.4 Å². The first kappa shape index (κ1) is 20.5. The number of aromatic nitrogens is 1. The highest BCUT2D eigenvalue weighted by Crippen LogP contribution is 2.33. The fraction of sp³-hybridized carbons (Fsp3) is 0.273. The third-order valence-electron chi connectivity index (χ3n) is 4.61. The number of anilines is 1. The van der Waals surface area contributed by atoms with Gasteiger partial charge in [0.1, 0.15) is 5.52 Å². The smallest absolute Gasteiger partial charge is 0.252 e. The zero-order valence-corrected chi connectivity index (χ0v) is 17.7. The second-order valence-corrected chi connectivity index (χ2v) is 7.76. The van der Waals surface area contributed by atoms with Gasteiger partial charge in [0.05, 0.1) is 9.72 Å². The molecule has 0 saturated carbocycles. The van der Waals surface area contributed by atoms with Crippen molar-refractivity contribution in [2.24, 2.45) is 0 Å². The van der Waals surface area contributed by atoms with Gasteiger partial charge in [-0.05, 0) is 36.9 Å². The van der Waals surface area contributed by atoms with E-state index in [9.17, 15) is 4.79 Å². The van der Waals surface area contributed by atoms with Gasteiger partial charge in [-0.2, -0.15) is 0 Å². The van der Waals surface area contributed by atoms with Crippen LogP contribution in [0.2, 0.25) is 5.02 Å². The van der Waals surface area contributed by atoms with Crippen LogP contribution in [0.25, 0.3) is 16.3 Å². The summed E-state index contributed by atoms with van der Waals surface area (Å²) in [6.07, 6.45) is 3.46. The van der Waals surface area contributed by atoms with E-state index in [1.54, 1.807) is 11.0 Å². The first-order chi connectivity index (χ1) is 13.6. The Morgan fingerprint density at radius 1 is 1.07 bits per heavy atom. The Morgan fingerprint density at radius 2 is 1.82 bits per heavy atom. The summed E-state index contributed by atoms with van der Waals surface area (Å²) in [6, 6.07) is 15.5. The van der Waals surface area contributed by atoms with E-state index in [1.807, 2.05) is 54.6 Å². The number of benzene rings is 2. The van der Waals surface area contributed by atoms with Gasteiger partial charge >= 0.3 is 0 Å². The SMILES string of the molecule is CCN(CC)CCN(C(=O)C=Cc1ccccc1)c1nc2c(Cl)cccc2s1. The van der Waals surface area contributed by atoms with E-state index in [0.29, 0.717) is 16.7 Å². The molecule has 4 nitrogen and oxygen atoms in total. The van der Waals surface area contributed by atoms with Crippen molar-refractivity contribution in [2.45, 2.75) is 13.8 Å². The molecule has 3 aromatic rings. The van der Waals surface area contributed by atoms with Gasteiger partial charge in [-0.15, -0.1) is 0 Å². The van der Waals surface area contributed by atoms with Crippen molar-refractivity contribution >= 4 is 50.3 Å². The second-order valence-electron chi connectivity index (χ2n) is 6.34. The van der Waals surface area contributed by atoms with Gasteiger partial charge in [0.25, 0.3) is 5.91 Å². The molecule has 0 saturated heterocycles. The summed E-state index contributed by atoms with van der Waals surface area (Å²) in [5, 5.41) is 1.29. The van der Waals surface area contributed by atoms with Crippen LogP contribution in [-0.2, 0) is 4.79 Å². The molecule has 0 aliphatic rings. The molecule has 1 aromatic heterocycles. The molecule has 2 aromatic carbocycles. The molecule has 0 bridgehead atoms. The first-order valence-corrected chi connectivity index (χ1v) is 10.6. The van der Waals surface area contributed by atoms with Crippen molar-refractivity contribution in [3.05, 3.63) is 65.2 Å². The minimum atomic E-state index is -0.0776. The van der Waals surface area contributed by atoms with E-state index in [0.717, 1.165) is 35.4 Å². The molecule has 3 rings (SSSR count). The van der Waals surface area contributed by atoms with Gasteiger partial charge < -0.3 is 4.90 Å². The maximum atomic E-state index is 13.0. The summed E-state index contributed by atoms with van der Waals surface area (Å²) in [7, 11) is 0. The Kier molecular flexibility index (Phi) is 7.20. The molecule has 28 heavy (non-hydrogen) atoms. The van der Waals surface area contributed by atoms with Crippen LogP contribution in [0.5, 0.6) is 0 Å². The molecule has 0 unspecified atom stereocenters. The van der Waals surface area contributed by atoms with Gasteiger partial charge in [0, 0.05) is 19.2 Å². The molecule has 0 radical (unpaired) electrons. The average Bonchev–Trinajstić information content (AvgIpc) is 3.15. The summed E-state index contributed by atoms with van der Waals surface area (Å²) >= 11 is 7.78. The summed E-state index contributed by atoms with van der Waals surface area (Å²) < 4.78 is 0.982. The highest BCUT2D eigenvalue weighted by atomic mass is 35.5. The Bertz CT molecular complexity index is 951. The monoisotopic (exact) mass is 413 g/mol. The second kappa shape index (κ2) is 9.82. The van der Waals surface area contributed by atoms with Crippen molar-refractivity contribution in [3.8, 4) is 0 Å². The van der Waals surface area contributed by atoms with Gasteiger partial charge in [-0.25, -0.2) is 4.98 Å². The van der Waals surface area contributed by atoms with Crippen LogP contribution in [0, 0.1) is 0 Å². The van der Waals surface area contributed by atoms with Crippen molar-refractivity contribution < 1.29 is 4.79 Å². The Hall–Kier alpha value is -2.21. The van der Waals surface area contributed by atoms with E-state index in [2.05, 4.69) is 23.7 Å². The van der Waals surface area contributed by atoms with Crippen molar-refractivity contribution in [2.75, 3.05) is 31.1 Å². The molecule has 0 spiro atoms. The summed E-state index contributed by atoms with van der Waals surface area (Å²) in [5.74, 6) is -0.0776. The molecule has 146 valence electrons. The fourth-order valence-electron chi connectivity index (χ4n) is 2.92. The number of hydrogen-bond acceptors (Lipinski definition) is 4. The topological polar surface area (TPSA) is 36.4 Å². The molecule has 0 atom stereocenters. The van der Waals surface area contributed by atoms with Crippen LogP contribution < -0.4 is 4.90 Å². The zero-order valence-electron chi connectivity index (χ0n) is 16.1. The lowest BCUT2D eigenvalue weighted by atomic mass is 10.2. The standard InChI is InChI=1S/C22H24ClN3OS/c1-3-25(4-2)15-16-26(20(27)14-13-17-9-6-5-7-10-17)22-24-21-18(23)11-8-12-19(21)28-22/h5-14H,3-4,15-16H2,1-2H3. The first-order valence-electron chi connectivity index (χ1n) is 9.44. The van der Waals surface area contributed by atoms with Crippen molar-refractivity contribution in [1.82, 2.24) is 9.88 Å². The average molecular weight is 414 g/mol. The molecular weight excluding hydrogens is 390 g/mol. The van der Waals surface area contributed by atoms with Crippen LogP contribution in [0.15, 0.2) is 54.6 Å². The van der Waals surface area contributed by atoms with E-state index in [1.165, 1.54) is 11.3 Å². The summed E-state index contributed by atoms with van der Waals surface area (Å²) in [4.78, 5) is 21.7. The number of para-hydroxylation sites is 1. The number of thiazole rings is 1. The maximum Gasteiger partial charge on any atom is 0.252 e. The van der Waals surface area contributed by atoms with E-state index < -0.39 is 0 Å². The van der Waals surface area contributed by atoms with E-state index in [4.69, 9.17) is 11.6 Å². The molecule has 1 amide bonds. The van der Waals surface area contributed by atoms with Crippen LogP contribution in [0.4, 0.5) is 5.13 Å². The van der Waals surface area contributed by atoms with Gasteiger partial charge in [0.2, 0.25) is 0 Å². The number of halogens is 1. The number of carbonyl (C=O) groups is 1. The fourth-order valence-corrected chi connectivity index (χ4v) is 4.22. The maximum absolute atomic E-state index is 13.0. The van der Waals surface area contributed by atoms with Crippen molar-refractivity contribution in [3.63, 3.8) is 0 Å². The van der Waals surface area contributed by atoms with Crippen LogP contribution in [-0.4, -0.2) is 42.0 Å². The van der Waals surface area contributed by atoms with Crippen LogP contribution in [0.3, 0.4) is 0 Å². The molecular formula is C22H24ClN3OS. The third-order valence-corrected chi connectivity index (χ3v) is 5.96. The predicted molar refractivity (Wildman–Crippen MR) is 120 cm³/mol. The quantitative estimate of drug-likeness (QED) is 0.468. The lowest BCUT2D eigenvalue weighted by Gasteiger charge is -2.23. The number of amides is 1. The molecule has 0 fully saturated rings. The highest BCUT2D eigenvalue weighted by molar-refractivity contribution is 7.22. The number of carbonyl (C=O) groups excluding carboxylic acids is 1. The summed E-state index contributed by atoms with van der Waals surface area (Å²) in [6.45, 7) is 7.53. The lowest BCUT2D eigenvalue weighted by molar-refractivity contribution is -0.114. The van der Waals surface area contributed by atoms with E-state index in [-0.39, 0.29) is 5.91 Å². The Morgan fingerprint density at radius 3 is 2.50 bits per heavy atom. The molecule has 0 aliphatic carbocycles. The molecule has 6 heteroatoms. The minimum Gasteiger partial charge on any atom is -0.302 e. The molecule has 0 aliphatic heterocycles. The van der Waals surface area contributed by atoms with Gasteiger partial charge in [0.15, 0.2) is 5.13 Å². The number of hydrogen-bond donors (Lipinski definition) is 0. The lowest BCUT2D eigenvalue weighted by Crippen LogP contribution is -2.38.